The number of fused-ring (bicyclic) bond motifs is 2. The monoisotopic (exact) mass is 721 g/mol. The second-order valence-electron chi connectivity index (χ2n) is 12.3. The van der Waals surface area contributed by atoms with E-state index in [0.717, 1.165) is 49.8 Å². The first-order valence-electron chi connectivity index (χ1n) is 15.5. The second kappa shape index (κ2) is 14.5. The number of hydrogen-bond donors (Lipinski definition) is 2. The number of aliphatic hydroxyl groups excluding tert-OH is 2. The van der Waals surface area contributed by atoms with Gasteiger partial charge in [0.05, 0.1) is 12.2 Å². The molecule has 4 heteroatoms. The predicted octanol–water partition coefficient (Wildman–Crippen LogP) is 8.93. The van der Waals surface area contributed by atoms with Crippen LogP contribution in [0.4, 0.5) is 0 Å². The van der Waals surface area contributed by atoms with Crippen molar-refractivity contribution in [3.05, 3.63) is 66.4 Å². The van der Waals surface area contributed by atoms with Crippen LogP contribution < -0.4 is 0 Å². The maximum atomic E-state index is 11.4. The molecule has 3 aromatic rings. The fraction of sp³-hybridized carbons (Fsp3) is 0.583. The molecule has 2 unspecified atom stereocenters. The predicted molar refractivity (Wildman–Crippen MR) is 163 cm³/mol. The first kappa shape index (κ1) is 32.9. The van der Waals surface area contributed by atoms with Crippen molar-refractivity contribution in [2.45, 2.75) is 111 Å². The molecule has 2 saturated carbocycles. The summed E-state index contributed by atoms with van der Waals surface area (Å²) < 4.78 is 0. The smallest absolute Gasteiger partial charge is 0.0651 e. The number of aryl methyl sites for hydroxylation is 1. The van der Waals surface area contributed by atoms with Gasteiger partial charge in [0.1, 0.15) is 0 Å². The van der Waals surface area contributed by atoms with Gasteiger partial charge < -0.3 is 15.2 Å². The van der Waals surface area contributed by atoms with Crippen LogP contribution in [0.3, 0.4) is 0 Å². The van der Waals surface area contributed by atoms with Crippen LogP contribution in [0.15, 0.2) is 54.7 Å². The number of aromatic nitrogens is 1. The van der Waals surface area contributed by atoms with Crippen LogP contribution >= 0.6 is 0 Å². The second-order valence-corrected chi connectivity index (χ2v) is 12.3. The Morgan fingerprint density at radius 1 is 0.800 bits per heavy atom. The van der Waals surface area contributed by atoms with E-state index < -0.39 is 0 Å². The average molecular weight is 721 g/mol. The molecule has 2 N–H and O–H groups in total. The number of pyridine rings is 1. The number of nitrogens with zero attached hydrogens (tertiary/aromatic N) is 1. The fourth-order valence-electron chi connectivity index (χ4n) is 7.93. The van der Waals surface area contributed by atoms with Crippen LogP contribution in [0.25, 0.3) is 22.0 Å². The van der Waals surface area contributed by atoms with E-state index in [1.165, 1.54) is 42.0 Å². The summed E-state index contributed by atoms with van der Waals surface area (Å²) in [6, 6.07) is 19.6. The van der Waals surface area contributed by atoms with Crippen molar-refractivity contribution in [3.8, 4) is 11.3 Å². The van der Waals surface area contributed by atoms with E-state index in [1.54, 1.807) is 0 Å². The third-order valence-electron chi connectivity index (χ3n) is 10.8. The van der Waals surface area contributed by atoms with Gasteiger partial charge in [-0.25, -0.2) is 0 Å². The van der Waals surface area contributed by atoms with Crippen molar-refractivity contribution >= 4 is 10.8 Å². The number of aliphatic hydroxyl groups is 2. The van der Waals surface area contributed by atoms with Gasteiger partial charge in [0.15, 0.2) is 0 Å². The van der Waals surface area contributed by atoms with Gasteiger partial charge in [-0.05, 0) is 103 Å². The zero-order valence-electron chi connectivity index (χ0n) is 25.3. The first-order chi connectivity index (χ1) is 18.9. The number of hydrogen-bond acceptors (Lipinski definition) is 3. The van der Waals surface area contributed by atoms with Crippen LogP contribution in [0.5, 0.6) is 0 Å². The maximum Gasteiger partial charge on any atom is 0.0651 e. The zero-order valence-corrected chi connectivity index (χ0v) is 27.6. The standard InChI is InChI=1S/C20H38O2.C16H12N.Ir/c1-5-19(6-2)13-9-11-15-12-10-14-20(7-3,8-4)18(22)16(15)17(19)21;1-12-6-5-9-15-14(12)10-11-17-16(15)13-7-3-2-4-8-13;/h15-18,21-22H,5-14H2,1-4H3;2-7,9-11H,1H3;/q;-1;. The van der Waals surface area contributed by atoms with E-state index in [2.05, 4.69) is 69.9 Å². The summed E-state index contributed by atoms with van der Waals surface area (Å²) in [7, 11) is 0. The molecule has 2 aliphatic rings. The van der Waals surface area contributed by atoms with Gasteiger partial charge in [-0.15, -0.1) is 35.9 Å². The molecule has 2 aromatic carbocycles. The molecule has 221 valence electrons. The molecule has 1 aromatic heterocycles. The average Bonchev–Trinajstić information content (AvgIpc) is 3.21. The Morgan fingerprint density at radius 2 is 1.40 bits per heavy atom. The minimum Gasteiger partial charge on any atom is -0.392 e. The zero-order chi connectivity index (χ0) is 28.0. The van der Waals surface area contributed by atoms with Crippen molar-refractivity contribution in [2.75, 3.05) is 0 Å². The summed E-state index contributed by atoms with van der Waals surface area (Å²) in [4.78, 5) is 4.49. The largest absolute Gasteiger partial charge is 0.392 e. The molecule has 1 radical (unpaired) electrons. The Bertz CT molecular complexity index is 1160. The van der Waals surface area contributed by atoms with E-state index in [1.807, 2.05) is 30.5 Å². The third-order valence-corrected chi connectivity index (χ3v) is 10.8. The molecule has 1 heterocycles. The number of benzene rings is 2. The van der Waals surface area contributed by atoms with Crippen molar-refractivity contribution in [3.63, 3.8) is 0 Å². The summed E-state index contributed by atoms with van der Waals surface area (Å²) in [6.45, 7) is 11.0. The molecule has 5 rings (SSSR count). The molecule has 2 fully saturated rings. The van der Waals surface area contributed by atoms with Crippen LogP contribution in [0, 0.1) is 35.7 Å². The SMILES string of the molecule is CCC1(CC)CCCC2CCCC(CC)(CC)C(O)C2C1O.Cc1cccc2c(-c3[c-]cccc3)nccc12.[Ir]. The quantitative estimate of drug-likeness (QED) is 0.259. The van der Waals surface area contributed by atoms with Gasteiger partial charge in [-0.1, -0.05) is 58.7 Å². The summed E-state index contributed by atoms with van der Waals surface area (Å²) in [5, 5.41) is 25.2. The van der Waals surface area contributed by atoms with Gasteiger partial charge in [-0.3, -0.25) is 0 Å². The van der Waals surface area contributed by atoms with Crippen molar-refractivity contribution in [1.29, 1.82) is 0 Å². The minimum atomic E-state index is -0.333. The first-order valence-corrected chi connectivity index (χ1v) is 15.5. The van der Waals surface area contributed by atoms with Crippen molar-refractivity contribution in [1.82, 2.24) is 4.98 Å². The Kier molecular flexibility index (Phi) is 12.0. The minimum absolute atomic E-state index is 0. The molecule has 0 bridgehead atoms. The fourth-order valence-corrected chi connectivity index (χ4v) is 7.93. The van der Waals surface area contributed by atoms with E-state index >= 15 is 0 Å². The van der Waals surface area contributed by atoms with Crippen LogP contribution in [-0.4, -0.2) is 27.4 Å². The molecule has 3 nitrogen and oxygen atoms in total. The molecule has 40 heavy (non-hydrogen) atoms. The molecule has 0 saturated heterocycles. The molecule has 0 spiro atoms. The van der Waals surface area contributed by atoms with Crippen LogP contribution in [0.1, 0.15) is 97.5 Å². The van der Waals surface area contributed by atoms with Crippen LogP contribution in [-0.2, 0) is 20.1 Å². The maximum absolute atomic E-state index is 11.4. The van der Waals surface area contributed by atoms with Gasteiger partial charge >= 0.3 is 0 Å². The molecule has 0 amide bonds. The molecular formula is C36H50IrNO2-. The van der Waals surface area contributed by atoms with Crippen LogP contribution in [0.2, 0.25) is 0 Å². The van der Waals surface area contributed by atoms with Gasteiger partial charge in [0.2, 0.25) is 0 Å². The van der Waals surface area contributed by atoms with Crippen molar-refractivity contribution in [2.24, 2.45) is 22.7 Å². The summed E-state index contributed by atoms with van der Waals surface area (Å²) in [5.74, 6) is 0.606. The van der Waals surface area contributed by atoms with Crippen molar-refractivity contribution < 1.29 is 30.3 Å². The van der Waals surface area contributed by atoms with Gasteiger partial charge in [0.25, 0.3) is 0 Å². The Morgan fingerprint density at radius 3 is 1.93 bits per heavy atom. The Hall–Kier alpha value is -1.58. The molecule has 0 aliphatic heterocycles. The number of rotatable bonds is 5. The Labute approximate surface area is 256 Å². The van der Waals surface area contributed by atoms with E-state index in [-0.39, 0.29) is 49.1 Å². The Balaban J connectivity index is 0.000000221. The van der Waals surface area contributed by atoms with Gasteiger partial charge in [0, 0.05) is 32.2 Å². The summed E-state index contributed by atoms with van der Waals surface area (Å²) in [6.07, 6.45) is 12.4. The topological polar surface area (TPSA) is 53.4 Å². The van der Waals surface area contributed by atoms with E-state index in [0.29, 0.717) is 5.92 Å². The summed E-state index contributed by atoms with van der Waals surface area (Å²) >= 11 is 0. The normalized spacial score (nSPS) is 25.4. The van der Waals surface area contributed by atoms with Gasteiger partial charge in [-0.2, -0.15) is 0 Å². The third kappa shape index (κ3) is 6.41. The molecule has 2 aliphatic carbocycles. The molecular weight excluding hydrogens is 671 g/mol. The summed E-state index contributed by atoms with van der Waals surface area (Å²) in [5.41, 5.74) is 3.38. The van der Waals surface area contributed by atoms with E-state index in [4.69, 9.17) is 0 Å². The molecule has 2 atom stereocenters. The van der Waals surface area contributed by atoms with E-state index in [9.17, 15) is 10.2 Å².